The third kappa shape index (κ3) is 6.36. The molecule has 0 unspecified atom stereocenters. The molecule has 7 heteroatoms. The number of carbonyl (C=O) groups is 2. The number of carbonyl (C=O) groups excluding carboxylic acids is 2. The Labute approximate surface area is 224 Å². The van der Waals surface area contributed by atoms with Crippen molar-refractivity contribution in [3.05, 3.63) is 125 Å². The lowest BCUT2D eigenvalue weighted by molar-refractivity contribution is -0.114. The molecule has 194 valence electrons. The summed E-state index contributed by atoms with van der Waals surface area (Å²) in [6.07, 6.45) is 1.30. The SMILES string of the molecule is CC(=O)Nc1cc(C(=O)c2ccccc2)ccc1S(=O)(=O)N(CCCc1ccccc1)c1ccc(C)cc1. The van der Waals surface area contributed by atoms with Crippen LogP contribution in [-0.4, -0.2) is 26.7 Å². The fourth-order valence-electron chi connectivity index (χ4n) is 4.23. The molecule has 0 aliphatic carbocycles. The zero-order chi connectivity index (χ0) is 27.1. The number of hydrogen-bond acceptors (Lipinski definition) is 4. The topological polar surface area (TPSA) is 83.5 Å². The van der Waals surface area contributed by atoms with Gasteiger partial charge in [-0.15, -0.1) is 0 Å². The summed E-state index contributed by atoms with van der Waals surface area (Å²) in [6.45, 7) is 3.49. The van der Waals surface area contributed by atoms with Crippen LogP contribution in [0.2, 0.25) is 0 Å². The Kier molecular flexibility index (Phi) is 8.38. The molecule has 6 nitrogen and oxygen atoms in total. The molecule has 0 spiro atoms. The highest BCUT2D eigenvalue weighted by atomic mass is 32.2. The van der Waals surface area contributed by atoms with Crippen LogP contribution in [0.3, 0.4) is 0 Å². The molecular weight excluding hydrogens is 496 g/mol. The zero-order valence-electron chi connectivity index (χ0n) is 21.4. The monoisotopic (exact) mass is 526 g/mol. The van der Waals surface area contributed by atoms with Gasteiger partial charge in [-0.05, 0) is 55.7 Å². The first-order valence-electron chi connectivity index (χ1n) is 12.4. The van der Waals surface area contributed by atoms with Crippen molar-refractivity contribution >= 4 is 33.1 Å². The van der Waals surface area contributed by atoms with E-state index in [9.17, 15) is 18.0 Å². The predicted octanol–water partition coefficient (Wildman–Crippen LogP) is 6.01. The van der Waals surface area contributed by atoms with Crippen LogP contribution in [0.25, 0.3) is 0 Å². The molecule has 0 aliphatic heterocycles. The molecule has 0 fully saturated rings. The van der Waals surface area contributed by atoms with Crippen LogP contribution in [0, 0.1) is 6.92 Å². The molecule has 1 N–H and O–H groups in total. The van der Waals surface area contributed by atoms with Gasteiger partial charge in [-0.1, -0.05) is 78.4 Å². The minimum Gasteiger partial charge on any atom is -0.325 e. The molecule has 0 saturated carbocycles. The summed E-state index contributed by atoms with van der Waals surface area (Å²) in [7, 11) is -4.10. The molecule has 0 aromatic heterocycles. The highest BCUT2D eigenvalue weighted by Crippen LogP contribution is 2.31. The second-order valence-electron chi connectivity index (χ2n) is 9.09. The molecule has 0 atom stereocenters. The predicted molar refractivity (Wildman–Crippen MR) is 151 cm³/mol. The van der Waals surface area contributed by atoms with Gasteiger partial charge in [-0.25, -0.2) is 8.42 Å². The van der Waals surface area contributed by atoms with Crippen LogP contribution in [0.1, 0.15) is 40.4 Å². The van der Waals surface area contributed by atoms with E-state index in [1.807, 2.05) is 55.5 Å². The number of aryl methyl sites for hydroxylation is 2. The highest BCUT2D eigenvalue weighted by molar-refractivity contribution is 7.93. The Morgan fingerprint density at radius 3 is 2.05 bits per heavy atom. The largest absolute Gasteiger partial charge is 0.325 e. The van der Waals surface area contributed by atoms with Gasteiger partial charge in [-0.2, -0.15) is 0 Å². The maximum Gasteiger partial charge on any atom is 0.266 e. The average Bonchev–Trinajstić information content (AvgIpc) is 2.92. The van der Waals surface area contributed by atoms with Crippen molar-refractivity contribution in [2.45, 2.75) is 31.6 Å². The summed E-state index contributed by atoms with van der Waals surface area (Å²) >= 11 is 0. The summed E-state index contributed by atoms with van der Waals surface area (Å²) in [4.78, 5) is 25.0. The van der Waals surface area contributed by atoms with Gasteiger partial charge < -0.3 is 5.32 Å². The van der Waals surface area contributed by atoms with Crippen LogP contribution in [0.4, 0.5) is 11.4 Å². The second kappa shape index (κ2) is 11.9. The maximum absolute atomic E-state index is 14.1. The zero-order valence-corrected chi connectivity index (χ0v) is 22.2. The van der Waals surface area contributed by atoms with Crippen LogP contribution >= 0.6 is 0 Å². The van der Waals surface area contributed by atoms with Gasteiger partial charge >= 0.3 is 0 Å². The molecule has 0 radical (unpaired) electrons. The van der Waals surface area contributed by atoms with Crippen molar-refractivity contribution in [1.82, 2.24) is 0 Å². The van der Waals surface area contributed by atoms with Crippen LogP contribution in [-0.2, 0) is 21.2 Å². The smallest absolute Gasteiger partial charge is 0.266 e. The number of anilines is 2. The molecule has 38 heavy (non-hydrogen) atoms. The minimum absolute atomic E-state index is 0.0689. The summed E-state index contributed by atoms with van der Waals surface area (Å²) in [5, 5.41) is 2.63. The van der Waals surface area contributed by atoms with Crippen LogP contribution in [0.15, 0.2) is 108 Å². The molecule has 0 heterocycles. The maximum atomic E-state index is 14.1. The van der Waals surface area contributed by atoms with Crippen molar-refractivity contribution < 1.29 is 18.0 Å². The van der Waals surface area contributed by atoms with E-state index >= 15 is 0 Å². The summed E-state index contributed by atoms with van der Waals surface area (Å²) in [5.74, 6) is -0.698. The van der Waals surface area contributed by atoms with Crippen molar-refractivity contribution in [2.75, 3.05) is 16.2 Å². The van der Waals surface area contributed by atoms with Gasteiger partial charge in [0.05, 0.1) is 11.4 Å². The molecule has 0 saturated heterocycles. The Morgan fingerprint density at radius 1 is 0.789 bits per heavy atom. The van der Waals surface area contributed by atoms with E-state index in [2.05, 4.69) is 5.32 Å². The van der Waals surface area contributed by atoms with Gasteiger partial charge in [0.25, 0.3) is 10.0 Å². The van der Waals surface area contributed by atoms with Crippen molar-refractivity contribution in [3.63, 3.8) is 0 Å². The summed E-state index contributed by atoms with van der Waals surface area (Å²) < 4.78 is 29.6. The quantitative estimate of drug-likeness (QED) is 0.257. The summed E-state index contributed by atoms with van der Waals surface area (Å²) in [5.41, 5.74) is 3.49. The fourth-order valence-corrected chi connectivity index (χ4v) is 5.86. The second-order valence-corrected chi connectivity index (χ2v) is 10.9. The standard InChI is InChI=1S/C31H30N2O4S/c1-23-15-18-28(19-16-23)33(21-9-12-25-10-5-3-6-11-25)38(36,37)30-20-17-27(22-29(30)32-24(2)34)31(35)26-13-7-4-8-14-26/h3-8,10-11,13-20,22H,9,12,21H2,1-2H3,(H,32,34). The Bertz CT molecular complexity index is 1520. The Hall–Kier alpha value is -4.23. The summed E-state index contributed by atoms with van der Waals surface area (Å²) in [6, 6.07) is 30.2. The molecule has 4 rings (SSSR count). The number of rotatable bonds is 10. The van der Waals surface area contributed by atoms with Crippen molar-refractivity contribution in [1.29, 1.82) is 0 Å². The van der Waals surface area contributed by atoms with E-state index in [0.29, 0.717) is 24.1 Å². The lowest BCUT2D eigenvalue weighted by atomic mass is 10.0. The van der Waals surface area contributed by atoms with Gasteiger partial charge in [0, 0.05) is 24.6 Å². The van der Waals surface area contributed by atoms with Gasteiger partial charge in [-0.3, -0.25) is 13.9 Å². The van der Waals surface area contributed by atoms with E-state index in [4.69, 9.17) is 0 Å². The number of nitrogens with one attached hydrogen (secondary N) is 1. The third-order valence-corrected chi connectivity index (χ3v) is 8.03. The average molecular weight is 527 g/mol. The first-order chi connectivity index (χ1) is 18.3. The number of benzene rings is 4. The molecule has 0 aliphatic rings. The molecular formula is C31H30N2O4S. The number of hydrogen-bond donors (Lipinski definition) is 1. The van der Waals surface area contributed by atoms with E-state index < -0.39 is 15.9 Å². The Morgan fingerprint density at radius 2 is 1.42 bits per heavy atom. The minimum atomic E-state index is -4.10. The first kappa shape index (κ1) is 26.8. The van der Waals surface area contributed by atoms with Crippen LogP contribution < -0.4 is 9.62 Å². The lowest BCUT2D eigenvalue weighted by Crippen LogP contribution is -2.33. The van der Waals surface area contributed by atoms with E-state index in [1.54, 1.807) is 36.4 Å². The normalized spacial score (nSPS) is 11.1. The van der Waals surface area contributed by atoms with Gasteiger partial charge in [0.15, 0.2) is 5.78 Å². The number of amides is 1. The molecule has 4 aromatic carbocycles. The number of sulfonamides is 1. The van der Waals surface area contributed by atoms with Gasteiger partial charge in [0.2, 0.25) is 5.91 Å². The Balaban J connectivity index is 1.72. The number of nitrogens with zero attached hydrogens (tertiary/aromatic N) is 1. The van der Waals surface area contributed by atoms with E-state index in [-0.39, 0.29) is 28.5 Å². The fraction of sp³-hybridized carbons (Fsp3) is 0.161. The number of ketones is 1. The highest BCUT2D eigenvalue weighted by Gasteiger charge is 2.28. The van der Waals surface area contributed by atoms with Crippen molar-refractivity contribution in [3.8, 4) is 0 Å². The van der Waals surface area contributed by atoms with Gasteiger partial charge in [0.1, 0.15) is 4.90 Å². The third-order valence-electron chi connectivity index (χ3n) is 6.15. The lowest BCUT2D eigenvalue weighted by Gasteiger charge is -2.26. The first-order valence-corrected chi connectivity index (χ1v) is 13.8. The van der Waals surface area contributed by atoms with E-state index in [1.165, 1.54) is 29.4 Å². The molecule has 4 aromatic rings. The molecule has 0 bridgehead atoms. The van der Waals surface area contributed by atoms with Crippen molar-refractivity contribution in [2.24, 2.45) is 0 Å². The van der Waals surface area contributed by atoms with Crippen LogP contribution in [0.5, 0.6) is 0 Å². The molecule has 1 amide bonds. The van der Waals surface area contributed by atoms with E-state index in [0.717, 1.165) is 11.1 Å².